The molecule has 0 aromatic heterocycles. The summed E-state index contributed by atoms with van der Waals surface area (Å²) in [6, 6.07) is 0. The lowest BCUT2D eigenvalue weighted by Crippen LogP contribution is -2.37. The number of rotatable bonds is 4. The lowest BCUT2D eigenvalue weighted by molar-refractivity contribution is -0.133. The van der Waals surface area contributed by atoms with Crippen LogP contribution in [-0.2, 0) is 4.79 Å². The third-order valence-corrected chi connectivity index (χ3v) is 4.03. The highest BCUT2D eigenvalue weighted by Crippen LogP contribution is 2.29. The second-order valence-corrected chi connectivity index (χ2v) is 5.79. The van der Waals surface area contributed by atoms with Crippen LogP contribution in [0.5, 0.6) is 0 Å². The Labute approximate surface area is 96.8 Å². The molecule has 0 radical (unpaired) electrons. The van der Waals surface area contributed by atoms with Gasteiger partial charge in [0.25, 0.3) is 0 Å². The maximum atomic E-state index is 12.0. The summed E-state index contributed by atoms with van der Waals surface area (Å²) in [4.78, 5) is 14.0. The first-order valence-corrected chi connectivity index (χ1v) is 6.89. The second kappa shape index (κ2) is 5.21. The van der Waals surface area contributed by atoms with Gasteiger partial charge in [-0.3, -0.25) is 4.79 Å². The maximum absolute atomic E-state index is 12.0. The summed E-state index contributed by atoms with van der Waals surface area (Å²) in [6.07, 6.45) is 3.08. The van der Waals surface area contributed by atoms with Crippen molar-refractivity contribution in [3.63, 3.8) is 0 Å². The molecule has 1 amide bonds. The predicted octanol–water partition coefficient (Wildman–Crippen LogP) is 1.18. The number of nitrogens with zero attached hydrogens (tertiary/aromatic N) is 1. The first-order chi connectivity index (χ1) is 7.02. The molecule has 0 aromatic rings. The van der Waals surface area contributed by atoms with Gasteiger partial charge in [-0.2, -0.15) is 11.8 Å². The Kier molecular flexibility index (Phi) is 4.46. The van der Waals surface area contributed by atoms with Crippen molar-refractivity contribution in [2.45, 2.75) is 20.3 Å². The van der Waals surface area contributed by atoms with Crippen molar-refractivity contribution in [2.24, 2.45) is 17.1 Å². The molecule has 2 atom stereocenters. The smallest absolute Gasteiger partial charge is 0.226 e. The minimum absolute atomic E-state index is 0.139. The van der Waals surface area contributed by atoms with Crippen LogP contribution in [-0.4, -0.2) is 42.4 Å². The molecule has 4 heteroatoms. The van der Waals surface area contributed by atoms with E-state index in [-0.39, 0.29) is 11.3 Å². The Morgan fingerprint density at radius 1 is 1.67 bits per heavy atom. The summed E-state index contributed by atoms with van der Waals surface area (Å²) in [6.45, 7) is 6.57. The summed E-state index contributed by atoms with van der Waals surface area (Å²) >= 11 is 1.73. The van der Waals surface area contributed by atoms with Crippen LogP contribution in [0.2, 0.25) is 0 Å². The van der Waals surface area contributed by atoms with E-state index in [1.165, 1.54) is 0 Å². The molecule has 0 aromatic carbocycles. The fraction of sp³-hybridized carbons (Fsp3) is 0.909. The number of carbonyl (C=O) groups is 1. The number of carbonyl (C=O) groups excluding carboxylic acids is 1. The first-order valence-electron chi connectivity index (χ1n) is 5.50. The summed E-state index contributed by atoms with van der Waals surface area (Å²) in [5, 5.41) is 0. The molecule has 1 saturated heterocycles. The number of hydrogen-bond donors (Lipinski definition) is 1. The van der Waals surface area contributed by atoms with Crippen molar-refractivity contribution >= 4 is 17.7 Å². The fourth-order valence-corrected chi connectivity index (χ4v) is 2.65. The summed E-state index contributed by atoms with van der Waals surface area (Å²) in [7, 11) is 0. The van der Waals surface area contributed by atoms with Gasteiger partial charge in [0.05, 0.1) is 0 Å². The number of hydrogen-bond acceptors (Lipinski definition) is 3. The van der Waals surface area contributed by atoms with Crippen LogP contribution >= 0.6 is 11.8 Å². The fourth-order valence-electron chi connectivity index (χ4n) is 2.01. The van der Waals surface area contributed by atoms with E-state index in [0.29, 0.717) is 12.5 Å². The zero-order chi connectivity index (χ0) is 11.5. The molecule has 1 aliphatic rings. The Hall–Kier alpha value is -0.220. The van der Waals surface area contributed by atoms with E-state index < -0.39 is 0 Å². The number of amides is 1. The summed E-state index contributed by atoms with van der Waals surface area (Å²) < 4.78 is 0. The molecule has 1 heterocycles. The lowest BCUT2D eigenvalue weighted by atomic mass is 9.90. The van der Waals surface area contributed by atoms with Gasteiger partial charge < -0.3 is 10.6 Å². The lowest BCUT2D eigenvalue weighted by Gasteiger charge is -2.24. The van der Waals surface area contributed by atoms with Crippen molar-refractivity contribution in [1.29, 1.82) is 0 Å². The normalized spacial score (nSPS) is 28.1. The van der Waals surface area contributed by atoms with Gasteiger partial charge >= 0.3 is 0 Å². The van der Waals surface area contributed by atoms with Gasteiger partial charge in [0, 0.05) is 24.8 Å². The van der Waals surface area contributed by atoms with Crippen molar-refractivity contribution < 1.29 is 4.79 Å². The third kappa shape index (κ3) is 3.11. The minimum atomic E-state index is 0.139. The number of thioether (sulfide) groups is 1. The van der Waals surface area contributed by atoms with E-state index >= 15 is 0 Å². The van der Waals surface area contributed by atoms with Crippen molar-refractivity contribution in [3.8, 4) is 0 Å². The minimum Gasteiger partial charge on any atom is -0.342 e. The molecule has 1 aliphatic heterocycles. The van der Waals surface area contributed by atoms with Crippen LogP contribution in [0.15, 0.2) is 0 Å². The SMILES string of the molecule is CSCC(C)C(=O)N1CCC(C)(CN)C1. The summed E-state index contributed by atoms with van der Waals surface area (Å²) in [5.74, 6) is 1.34. The van der Waals surface area contributed by atoms with Gasteiger partial charge in [-0.1, -0.05) is 13.8 Å². The predicted molar refractivity (Wildman–Crippen MR) is 65.9 cm³/mol. The van der Waals surface area contributed by atoms with Gasteiger partial charge in [-0.05, 0) is 24.6 Å². The van der Waals surface area contributed by atoms with Gasteiger partial charge in [-0.15, -0.1) is 0 Å². The highest BCUT2D eigenvalue weighted by atomic mass is 32.2. The van der Waals surface area contributed by atoms with Crippen LogP contribution in [0, 0.1) is 11.3 Å². The first kappa shape index (κ1) is 12.8. The van der Waals surface area contributed by atoms with Crippen molar-refractivity contribution in [2.75, 3.05) is 31.6 Å². The average molecular weight is 230 g/mol. The van der Waals surface area contributed by atoms with Gasteiger partial charge in [-0.25, -0.2) is 0 Å². The molecule has 1 rings (SSSR count). The molecule has 88 valence electrons. The summed E-state index contributed by atoms with van der Waals surface area (Å²) in [5.41, 5.74) is 5.87. The molecule has 2 unspecified atom stereocenters. The zero-order valence-electron chi connectivity index (χ0n) is 9.95. The molecule has 2 N–H and O–H groups in total. The van der Waals surface area contributed by atoms with Crippen LogP contribution in [0.3, 0.4) is 0 Å². The van der Waals surface area contributed by atoms with Crippen LogP contribution in [0.4, 0.5) is 0 Å². The van der Waals surface area contributed by atoms with Crippen molar-refractivity contribution in [1.82, 2.24) is 4.90 Å². The molecule has 1 fully saturated rings. The van der Waals surface area contributed by atoms with E-state index in [9.17, 15) is 4.79 Å². The molecular formula is C11H22N2OS. The molecule has 0 saturated carbocycles. The monoisotopic (exact) mass is 230 g/mol. The van der Waals surface area contributed by atoms with E-state index in [4.69, 9.17) is 5.73 Å². The largest absolute Gasteiger partial charge is 0.342 e. The van der Waals surface area contributed by atoms with Gasteiger partial charge in [0.1, 0.15) is 0 Å². The van der Waals surface area contributed by atoms with E-state index in [2.05, 4.69) is 6.92 Å². The van der Waals surface area contributed by atoms with Gasteiger partial charge in [0.15, 0.2) is 0 Å². The number of nitrogens with two attached hydrogens (primary N) is 1. The third-order valence-electron chi connectivity index (χ3n) is 3.20. The van der Waals surface area contributed by atoms with Gasteiger partial charge in [0.2, 0.25) is 5.91 Å². The van der Waals surface area contributed by atoms with Crippen LogP contribution < -0.4 is 5.73 Å². The highest BCUT2D eigenvalue weighted by molar-refractivity contribution is 7.98. The second-order valence-electron chi connectivity index (χ2n) is 4.88. The topological polar surface area (TPSA) is 46.3 Å². The Morgan fingerprint density at radius 3 is 2.80 bits per heavy atom. The van der Waals surface area contributed by atoms with E-state index in [0.717, 1.165) is 25.3 Å². The number of likely N-dealkylation sites (tertiary alicyclic amines) is 1. The molecular weight excluding hydrogens is 208 g/mol. The van der Waals surface area contributed by atoms with Crippen molar-refractivity contribution in [3.05, 3.63) is 0 Å². The zero-order valence-corrected chi connectivity index (χ0v) is 10.8. The van der Waals surface area contributed by atoms with E-state index in [1.54, 1.807) is 11.8 Å². The standard InChI is InChI=1S/C11H22N2OS/c1-9(6-15-3)10(14)13-5-4-11(2,7-12)8-13/h9H,4-8,12H2,1-3H3. The Balaban J connectivity index is 2.50. The molecule has 15 heavy (non-hydrogen) atoms. The Bertz CT molecular complexity index is 235. The Morgan fingerprint density at radius 2 is 2.33 bits per heavy atom. The molecule has 0 bridgehead atoms. The maximum Gasteiger partial charge on any atom is 0.226 e. The highest BCUT2D eigenvalue weighted by Gasteiger charge is 2.35. The van der Waals surface area contributed by atoms with Crippen LogP contribution in [0.1, 0.15) is 20.3 Å². The molecule has 3 nitrogen and oxygen atoms in total. The van der Waals surface area contributed by atoms with Crippen LogP contribution in [0.25, 0.3) is 0 Å². The average Bonchev–Trinajstić information content (AvgIpc) is 2.61. The van der Waals surface area contributed by atoms with E-state index in [1.807, 2.05) is 18.1 Å². The molecule has 0 aliphatic carbocycles. The molecule has 0 spiro atoms. The quantitative estimate of drug-likeness (QED) is 0.789.